The van der Waals surface area contributed by atoms with Crippen LogP contribution >= 0.6 is 12.4 Å². The van der Waals surface area contributed by atoms with Crippen molar-refractivity contribution in [1.82, 2.24) is 4.90 Å². The van der Waals surface area contributed by atoms with Gasteiger partial charge in [-0.15, -0.1) is 12.4 Å². The zero-order valence-corrected chi connectivity index (χ0v) is 16.5. The summed E-state index contributed by atoms with van der Waals surface area (Å²) in [7, 11) is 2.08. The van der Waals surface area contributed by atoms with Gasteiger partial charge in [0.25, 0.3) is 0 Å². The largest absolute Gasteiger partial charge is 0.493 e. The van der Waals surface area contributed by atoms with E-state index in [-0.39, 0.29) is 18.5 Å². The number of aliphatic hydroxyl groups excluding tert-OH is 1. The van der Waals surface area contributed by atoms with Crippen molar-refractivity contribution in [2.24, 2.45) is 0 Å². The molecule has 1 N–H and O–H groups in total. The Morgan fingerprint density at radius 3 is 2.65 bits per heavy atom. The summed E-state index contributed by atoms with van der Waals surface area (Å²) in [6.45, 7) is 3.61. The van der Waals surface area contributed by atoms with E-state index in [1.807, 2.05) is 6.07 Å². The van der Waals surface area contributed by atoms with Crippen LogP contribution in [0.15, 0.2) is 48.5 Å². The predicted octanol–water partition coefficient (Wildman–Crippen LogP) is 4.04. The molecular weight excluding hydrogens is 346 g/mol. The van der Waals surface area contributed by atoms with E-state index < -0.39 is 0 Å². The summed E-state index contributed by atoms with van der Waals surface area (Å²) in [5.74, 6) is 0.997. The number of hydrogen-bond acceptors (Lipinski definition) is 3. The highest BCUT2D eigenvalue weighted by molar-refractivity contribution is 5.85. The molecule has 0 unspecified atom stereocenters. The van der Waals surface area contributed by atoms with Crippen LogP contribution in [0.3, 0.4) is 0 Å². The molecule has 0 spiro atoms. The second-order valence-corrected chi connectivity index (χ2v) is 7.22. The summed E-state index contributed by atoms with van der Waals surface area (Å²) in [6, 6.07) is 17.5. The molecular formula is C22H30ClNO2. The normalized spacial score (nSPS) is 20.0. The monoisotopic (exact) mass is 375 g/mol. The van der Waals surface area contributed by atoms with Crippen molar-refractivity contribution in [3.8, 4) is 5.75 Å². The summed E-state index contributed by atoms with van der Waals surface area (Å²) in [5.41, 5.74) is 3.95. The molecule has 142 valence electrons. The molecule has 0 aliphatic carbocycles. The predicted molar refractivity (Wildman–Crippen MR) is 109 cm³/mol. The number of β-amino-alcohol motifs (C(OH)–C–C–N with tert-alkyl or cyclic N) is 1. The second kappa shape index (κ2) is 9.96. The molecule has 4 heteroatoms. The molecule has 3 nitrogen and oxygen atoms in total. The number of benzene rings is 2. The van der Waals surface area contributed by atoms with E-state index in [4.69, 9.17) is 4.74 Å². The van der Waals surface area contributed by atoms with Gasteiger partial charge in [-0.1, -0.05) is 48.0 Å². The maximum absolute atomic E-state index is 9.75. The number of hydrogen-bond donors (Lipinski definition) is 1. The van der Waals surface area contributed by atoms with Gasteiger partial charge >= 0.3 is 0 Å². The molecule has 26 heavy (non-hydrogen) atoms. The van der Waals surface area contributed by atoms with E-state index >= 15 is 0 Å². The van der Waals surface area contributed by atoms with Gasteiger partial charge in [-0.25, -0.2) is 0 Å². The van der Waals surface area contributed by atoms with E-state index in [1.54, 1.807) is 0 Å². The fraction of sp³-hybridized carbons (Fsp3) is 0.455. The van der Waals surface area contributed by atoms with Crippen LogP contribution in [0.2, 0.25) is 0 Å². The van der Waals surface area contributed by atoms with Gasteiger partial charge in [0.15, 0.2) is 0 Å². The number of ether oxygens (including phenoxy) is 1. The Morgan fingerprint density at radius 1 is 1.12 bits per heavy atom. The van der Waals surface area contributed by atoms with Crippen LogP contribution in [0, 0.1) is 6.92 Å². The highest BCUT2D eigenvalue weighted by atomic mass is 35.5. The van der Waals surface area contributed by atoms with Gasteiger partial charge < -0.3 is 14.7 Å². The zero-order chi connectivity index (χ0) is 17.6. The van der Waals surface area contributed by atoms with Crippen LogP contribution < -0.4 is 4.74 Å². The van der Waals surface area contributed by atoms with Crippen LogP contribution in [0.4, 0.5) is 0 Å². The molecule has 3 rings (SSSR count). The van der Waals surface area contributed by atoms with Crippen molar-refractivity contribution in [3.63, 3.8) is 0 Å². The highest BCUT2D eigenvalue weighted by Gasteiger charge is 2.27. The molecule has 2 aromatic rings. The van der Waals surface area contributed by atoms with Crippen LogP contribution in [0.1, 0.15) is 29.5 Å². The number of halogens is 1. The molecule has 1 aliphatic rings. The lowest BCUT2D eigenvalue weighted by atomic mass is 10.0. The topological polar surface area (TPSA) is 32.7 Å². The average Bonchev–Trinajstić information content (AvgIpc) is 2.91. The molecule has 0 radical (unpaired) electrons. The Labute approximate surface area is 163 Å². The van der Waals surface area contributed by atoms with Gasteiger partial charge in [-0.3, -0.25) is 0 Å². The molecule has 0 bridgehead atoms. The lowest BCUT2D eigenvalue weighted by molar-refractivity contribution is 0.182. The summed E-state index contributed by atoms with van der Waals surface area (Å²) in [4.78, 5) is 2.23. The molecule has 2 atom stereocenters. The first-order valence-corrected chi connectivity index (χ1v) is 9.26. The Balaban J connectivity index is 0.00000243. The smallest absolute Gasteiger partial charge is 0.122 e. The lowest BCUT2D eigenvalue weighted by Crippen LogP contribution is -2.26. The molecule has 1 heterocycles. The molecule has 1 aliphatic heterocycles. The van der Waals surface area contributed by atoms with E-state index in [0.717, 1.165) is 38.0 Å². The van der Waals surface area contributed by atoms with Crippen molar-refractivity contribution in [1.29, 1.82) is 0 Å². The fourth-order valence-corrected chi connectivity index (χ4v) is 3.69. The van der Waals surface area contributed by atoms with Crippen LogP contribution in [0.25, 0.3) is 0 Å². The standard InChI is InChI=1S/C22H29NO2.ClH/c1-17-6-5-7-18(14-17)10-11-19-8-3-4-9-22(19)25-13-12-20-15-21(24)16-23(20)2;/h3-9,14,20-21,24H,10-13,15-16H2,1-2H3;1H/t20-,21-;/m1./s1. The maximum Gasteiger partial charge on any atom is 0.122 e. The van der Waals surface area contributed by atoms with Crippen molar-refractivity contribution in [2.45, 2.75) is 44.8 Å². The van der Waals surface area contributed by atoms with Gasteiger partial charge in [0, 0.05) is 12.6 Å². The number of aryl methyl sites for hydroxylation is 3. The van der Waals surface area contributed by atoms with Crippen molar-refractivity contribution >= 4 is 12.4 Å². The maximum atomic E-state index is 9.75. The number of likely N-dealkylation sites (tertiary alicyclic amines) is 1. The first-order valence-electron chi connectivity index (χ1n) is 9.26. The van der Waals surface area contributed by atoms with E-state index in [1.165, 1.54) is 16.7 Å². The third-order valence-corrected chi connectivity index (χ3v) is 5.11. The molecule has 0 saturated carbocycles. The van der Waals surface area contributed by atoms with Crippen LogP contribution in [0.5, 0.6) is 5.75 Å². The lowest BCUT2D eigenvalue weighted by Gasteiger charge is -2.19. The minimum atomic E-state index is -0.184. The molecule has 1 fully saturated rings. The van der Waals surface area contributed by atoms with E-state index in [0.29, 0.717) is 12.6 Å². The minimum Gasteiger partial charge on any atom is -0.493 e. The van der Waals surface area contributed by atoms with Gasteiger partial charge in [-0.2, -0.15) is 0 Å². The van der Waals surface area contributed by atoms with Crippen molar-refractivity contribution in [2.75, 3.05) is 20.2 Å². The Hall–Kier alpha value is -1.55. The van der Waals surface area contributed by atoms with Gasteiger partial charge in [-0.05, 0) is 56.8 Å². The van der Waals surface area contributed by atoms with E-state index in [2.05, 4.69) is 61.3 Å². The second-order valence-electron chi connectivity index (χ2n) is 7.22. The Bertz CT molecular complexity index is 691. The zero-order valence-electron chi connectivity index (χ0n) is 15.7. The summed E-state index contributed by atoms with van der Waals surface area (Å²) >= 11 is 0. The number of para-hydroxylation sites is 1. The number of nitrogens with zero attached hydrogens (tertiary/aromatic N) is 1. The molecule has 2 aromatic carbocycles. The first kappa shape index (κ1) is 20.8. The van der Waals surface area contributed by atoms with Gasteiger partial charge in [0.05, 0.1) is 12.7 Å². The minimum absolute atomic E-state index is 0. The number of likely N-dealkylation sites (N-methyl/N-ethyl adjacent to an activating group) is 1. The molecule has 1 saturated heterocycles. The Morgan fingerprint density at radius 2 is 1.92 bits per heavy atom. The quantitative estimate of drug-likeness (QED) is 0.792. The molecule has 0 aromatic heterocycles. The number of rotatable bonds is 7. The Kier molecular flexibility index (Phi) is 7.95. The van der Waals surface area contributed by atoms with Crippen LogP contribution in [-0.2, 0) is 12.8 Å². The highest BCUT2D eigenvalue weighted by Crippen LogP contribution is 2.23. The SMILES string of the molecule is Cc1cccc(CCc2ccccc2OCC[C@@H]2C[C@@H](O)CN2C)c1.Cl. The average molecular weight is 376 g/mol. The van der Waals surface area contributed by atoms with Crippen molar-refractivity contribution in [3.05, 3.63) is 65.2 Å². The molecule has 0 amide bonds. The fourth-order valence-electron chi connectivity index (χ4n) is 3.69. The van der Waals surface area contributed by atoms with Crippen LogP contribution in [-0.4, -0.2) is 42.4 Å². The van der Waals surface area contributed by atoms with Crippen molar-refractivity contribution < 1.29 is 9.84 Å². The summed E-state index contributed by atoms with van der Waals surface area (Å²) in [5, 5.41) is 9.75. The van der Waals surface area contributed by atoms with Gasteiger partial charge in [0.1, 0.15) is 5.75 Å². The summed E-state index contributed by atoms with van der Waals surface area (Å²) in [6.07, 6.45) is 3.65. The third-order valence-electron chi connectivity index (χ3n) is 5.11. The third kappa shape index (κ3) is 5.73. The van der Waals surface area contributed by atoms with Gasteiger partial charge in [0.2, 0.25) is 0 Å². The van der Waals surface area contributed by atoms with E-state index in [9.17, 15) is 5.11 Å². The number of aliphatic hydroxyl groups is 1. The summed E-state index contributed by atoms with van der Waals surface area (Å²) < 4.78 is 6.09. The first-order chi connectivity index (χ1) is 12.1.